The van der Waals surface area contributed by atoms with Crippen molar-refractivity contribution in [1.82, 2.24) is 24.9 Å². The number of hydrogen-bond acceptors (Lipinski definition) is 9. The number of carbonyl (C=O) groups excluding carboxylic acids is 2. The van der Waals surface area contributed by atoms with Gasteiger partial charge in [0.05, 0.1) is 16.8 Å². The molecule has 8 rings (SSSR count). The number of fused-ring (bicyclic) bond motifs is 2. The highest BCUT2D eigenvalue weighted by atomic mass is 32.1. The summed E-state index contributed by atoms with van der Waals surface area (Å²) in [7, 11) is 0. The Balaban J connectivity index is 0.000000186. The zero-order chi connectivity index (χ0) is 43.9. The molecular weight excluding hydrogens is 809 g/mol. The summed E-state index contributed by atoms with van der Waals surface area (Å²) in [6.07, 6.45) is 0.996. The van der Waals surface area contributed by atoms with Crippen molar-refractivity contribution in [2.75, 3.05) is 0 Å². The molecule has 4 heterocycles. The Morgan fingerprint density at radius 3 is 1.63 bits per heavy atom. The number of aromatic carboxylic acids is 2. The zero-order valence-corrected chi connectivity index (χ0v) is 34.4. The van der Waals surface area contributed by atoms with Crippen molar-refractivity contribution in [3.63, 3.8) is 0 Å². The number of rotatable bonds is 12. The molecule has 0 saturated heterocycles. The summed E-state index contributed by atoms with van der Waals surface area (Å²) in [5.41, 5.74) is 7.23. The molecule has 3 aromatic heterocycles. The number of carboxylic acids is 2. The average molecular weight is 849 g/mol. The van der Waals surface area contributed by atoms with Gasteiger partial charge in [0.1, 0.15) is 10.5 Å². The maximum Gasteiger partial charge on any atom is 0.335 e. The molecule has 7 aromatic rings. The van der Waals surface area contributed by atoms with Crippen molar-refractivity contribution in [3.05, 3.63) is 208 Å². The SMILES string of the molecule is Cc1cc(Cc2ccc(C(=O)O)cc2)c(=O)n2c1CC(C(=O)NCc1ccccc1)=N2.Cc1cc(Cc2ccc(C(=O)O)cc2)c(=O)n2nc(C(=O)NCc3ccccc3)sc12. The van der Waals surface area contributed by atoms with Crippen LogP contribution >= 0.6 is 11.3 Å². The van der Waals surface area contributed by atoms with Crippen molar-refractivity contribution < 1.29 is 29.4 Å². The predicted octanol–water partition coefficient (Wildman–Crippen LogP) is 5.81. The van der Waals surface area contributed by atoms with E-state index in [1.807, 2.05) is 80.6 Å². The Labute approximate surface area is 358 Å². The number of carbonyl (C=O) groups is 4. The Kier molecular flexibility index (Phi) is 12.7. The fourth-order valence-corrected chi connectivity index (χ4v) is 7.74. The molecule has 4 N–H and O–H groups in total. The molecule has 0 saturated carbocycles. The fourth-order valence-electron chi connectivity index (χ4n) is 6.84. The third-order valence-electron chi connectivity index (χ3n) is 10.1. The van der Waals surface area contributed by atoms with E-state index in [1.165, 1.54) is 44.8 Å². The number of nitrogens with zero attached hydrogens (tertiary/aromatic N) is 4. The van der Waals surface area contributed by atoms with Crippen LogP contribution in [0, 0.1) is 13.8 Å². The highest BCUT2D eigenvalue weighted by molar-refractivity contribution is 7.19. The second-order valence-electron chi connectivity index (χ2n) is 14.6. The number of pyridine rings is 2. The summed E-state index contributed by atoms with van der Waals surface area (Å²) >= 11 is 1.18. The van der Waals surface area contributed by atoms with E-state index in [4.69, 9.17) is 10.2 Å². The van der Waals surface area contributed by atoms with E-state index in [2.05, 4.69) is 20.8 Å². The molecule has 0 radical (unpaired) electrons. The summed E-state index contributed by atoms with van der Waals surface area (Å²) in [5.74, 6) is -2.61. The van der Waals surface area contributed by atoms with Gasteiger partial charge in [0.15, 0.2) is 0 Å². The van der Waals surface area contributed by atoms with Crippen molar-refractivity contribution >= 4 is 45.6 Å². The van der Waals surface area contributed by atoms with Crippen LogP contribution < -0.4 is 21.8 Å². The van der Waals surface area contributed by atoms with Crippen molar-refractivity contribution in [2.45, 2.75) is 46.2 Å². The second kappa shape index (κ2) is 18.6. The van der Waals surface area contributed by atoms with E-state index >= 15 is 0 Å². The normalized spacial score (nSPS) is 11.5. The van der Waals surface area contributed by atoms with E-state index in [0.717, 1.165) is 33.4 Å². The minimum atomic E-state index is -0.996. The Morgan fingerprint density at radius 1 is 0.629 bits per heavy atom. The first-order chi connectivity index (χ1) is 29.8. The molecule has 2 amide bonds. The second-order valence-corrected chi connectivity index (χ2v) is 15.6. The summed E-state index contributed by atoms with van der Waals surface area (Å²) in [5, 5.41) is 32.5. The van der Waals surface area contributed by atoms with E-state index in [0.29, 0.717) is 59.7 Å². The molecule has 0 aliphatic carbocycles. The summed E-state index contributed by atoms with van der Waals surface area (Å²) in [4.78, 5) is 73.7. The van der Waals surface area contributed by atoms with Gasteiger partial charge in [-0.05, 0) is 83.6 Å². The van der Waals surface area contributed by atoms with Crippen LogP contribution in [0.2, 0.25) is 0 Å². The number of benzene rings is 4. The number of hydrogen-bond donors (Lipinski definition) is 4. The molecular formula is C47H40N6O8S. The highest BCUT2D eigenvalue weighted by Gasteiger charge is 2.25. The molecule has 4 aromatic carbocycles. The largest absolute Gasteiger partial charge is 0.478 e. The van der Waals surface area contributed by atoms with Gasteiger partial charge in [-0.1, -0.05) is 96.3 Å². The molecule has 0 bridgehead atoms. The first kappa shape index (κ1) is 42.3. The minimum absolute atomic E-state index is 0.192. The van der Waals surface area contributed by atoms with Gasteiger partial charge in [-0.15, -0.1) is 5.10 Å². The topological polar surface area (TPSA) is 202 Å². The van der Waals surface area contributed by atoms with E-state index in [9.17, 15) is 28.8 Å². The van der Waals surface area contributed by atoms with Crippen molar-refractivity contribution in [2.24, 2.45) is 5.10 Å². The van der Waals surface area contributed by atoms with Crippen LogP contribution in [-0.2, 0) is 37.1 Å². The number of carboxylic acid groups (broad SMARTS) is 2. The van der Waals surface area contributed by atoms with Gasteiger partial charge >= 0.3 is 11.9 Å². The molecule has 0 fully saturated rings. The van der Waals surface area contributed by atoms with Crippen LogP contribution in [0.4, 0.5) is 0 Å². The first-order valence-corrected chi connectivity index (χ1v) is 20.3. The lowest BCUT2D eigenvalue weighted by molar-refractivity contribution is -0.115. The quantitative estimate of drug-likeness (QED) is 0.117. The Morgan fingerprint density at radius 2 is 1.11 bits per heavy atom. The standard InChI is InChI=1S/C24H21N3O4.C23H19N3O4S/c1-15-11-19(12-16-7-9-18(10-8-16)24(30)31)23(29)27-21(15)13-20(26-27)22(28)25-14-17-5-3-2-4-6-17;1-14-11-18(12-15-7-9-17(10-8-15)23(29)30)21(28)26-22(14)31-20(25-26)19(27)24-13-16-5-3-2-4-6-16/h2-11H,12-14H2,1H3,(H,25,28)(H,30,31);2-11H,12-13H2,1H3,(H,24,27)(H,29,30). The number of amides is 2. The smallest absolute Gasteiger partial charge is 0.335 e. The molecule has 14 nitrogen and oxygen atoms in total. The van der Waals surface area contributed by atoms with Gasteiger partial charge in [-0.2, -0.15) is 14.3 Å². The van der Waals surface area contributed by atoms with E-state index in [1.54, 1.807) is 30.3 Å². The van der Waals surface area contributed by atoms with Crippen LogP contribution in [-0.4, -0.2) is 54.0 Å². The van der Waals surface area contributed by atoms with Gasteiger partial charge in [0.25, 0.3) is 22.9 Å². The fraction of sp³-hybridized carbons (Fsp3) is 0.149. The van der Waals surface area contributed by atoms with Crippen molar-refractivity contribution in [1.29, 1.82) is 0 Å². The average Bonchev–Trinajstić information content (AvgIpc) is 3.95. The number of nitrogens with one attached hydrogen (secondary N) is 2. The Bertz CT molecular complexity index is 2980. The summed E-state index contributed by atoms with van der Waals surface area (Å²) in [6.45, 7) is 4.53. The van der Waals surface area contributed by atoms with E-state index in [-0.39, 0.29) is 39.1 Å². The Hall–Kier alpha value is -7.78. The van der Waals surface area contributed by atoms with E-state index < -0.39 is 11.9 Å². The van der Waals surface area contributed by atoms with Gasteiger partial charge < -0.3 is 20.8 Å². The molecule has 0 atom stereocenters. The maximum absolute atomic E-state index is 13.0. The molecule has 1 aliphatic heterocycles. The third kappa shape index (κ3) is 9.80. The van der Waals surface area contributed by atoms with Crippen LogP contribution in [0.25, 0.3) is 4.83 Å². The molecule has 0 spiro atoms. The molecule has 1 aliphatic rings. The monoisotopic (exact) mass is 848 g/mol. The van der Waals surface area contributed by atoms with Gasteiger partial charge in [-0.3, -0.25) is 19.2 Å². The van der Waals surface area contributed by atoms with Crippen LogP contribution in [0.5, 0.6) is 0 Å². The highest BCUT2D eigenvalue weighted by Crippen LogP contribution is 2.21. The van der Waals surface area contributed by atoms with Crippen LogP contribution in [0.15, 0.2) is 136 Å². The minimum Gasteiger partial charge on any atom is -0.478 e. The summed E-state index contributed by atoms with van der Waals surface area (Å²) in [6, 6.07) is 35.6. The first-order valence-electron chi connectivity index (χ1n) is 19.5. The molecule has 0 unspecified atom stereocenters. The van der Waals surface area contributed by atoms with Crippen LogP contribution in [0.1, 0.15) is 80.7 Å². The maximum atomic E-state index is 13.0. The number of aromatic nitrogens is 3. The zero-order valence-electron chi connectivity index (χ0n) is 33.6. The summed E-state index contributed by atoms with van der Waals surface area (Å²) < 4.78 is 2.59. The van der Waals surface area contributed by atoms with Gasteiger partial charge in [-0.25, -0.2) is 9.59 Å². The lowest BCUT2D eigenvalue weighted by atomic mass is 10.0. The lowest BCUT2D eigenvalue weighted by Gasteiger charge is -2.08. The molecule has 15 heteroatoms. The predicted molar refractivity (Wildman–Crippen MR) is 234 cm³/mol. The van der Waals surface area contributed by atoms with Crippen LogP contribution in [0.3, 0.4) is 0 Å². The van der Waals surface area contributed by atoms with Gasteiger partial charge in [0.2, 0.25) is 5.01 Å². The molecule has 312 valence electrons. The molecule has 62 heavy (non-hydrogen) atoms. The number of aryl methyl sites for hydroxylation is 2. The third-order valence-corrected chi connectivity index (χ3v) is 11.3. The lowest BCUT2D eigenvalue weighted by Crippen LogP contribution is -2.30. The van der Waals surface area contributed by atoms with Crippen molar-refractivity contribution in [3.8, 4) is 0 Å². The van der Waals surface area contributed by atoms with Gasteiger partial charge in [0, 0.05) is 43.5 Å².